The fourth-order valence-corrected chi connectivity index (χ4v) is 4.86. The lowest BCUT2D eigenvalue weighted by atomic mass is 10.1. The van der Waals surface area contributed by atoms with E-state index >= 15 is 0 Å². The van der Waals surface area contributed by atoms with E-state index < -0.39 is 5.25 Å². The number of benzene rings is 2. The van der Waals surface area contributed by atoms with E-state index in [1.54, 1.807) is 4.90 Å². The number of anilines is 1. The SMILES string of the molecule is CCCCCCCN1C(=O)CC(C(=O)Nc2cccc(Br)c2)SC1=Nc1ccccc1. The Morgan fingerprint density at radius 2 is 1.90 bits per heavy atom. The predicted molar refractivity (Wildman–Crippen MR) is 133 cm³/mol. The molecule has 0 saturated carbocycles. The van der Waals surface area contributed by atoms with Crippen LogP contribution >= 0.6 is 27.7 Å². The smallest absolute Gasteiger partial charge is 0.238 e. The molecule has 2 aromatic rings. The first-order valence-corrected chi connectivity index (χ1v) is 12.4. The number of unbranched alkanes of at least 4 members (excludes halogenated alkanes) is 4. The molecule has 0 bridgehead atoms. The van der Waals surface area contributed by atoms with Crippen LogP contribution in [0.5, 0.6) is 0 Å². The Labute approximate surface area is 196 Å². The maximum absolute atomic E-state index is 13.0. The second kappa shape index (κ2) is 12.1. The van der Waals surface area contributed by atoms with Gasteiger partial charge in [-0.05, 0) is 36.8 Å². The molecule has 1 saturated heterocycles. The third-order valence-electron chi connectivity index (χ3n) is 4.99. The first-order valence-electron chi connectivity index (χ1n) is 10.7. The lowest BCUT2D eigenvalue weighted by molar-refractivity contribution is -0.129. The number of hydrogen-bond acceptors (Lipinski definition) is 4. The molecule has 1 fully saturated rings. The molecule has 1 aliphatic rings. The van der Waals surface area contributed by atoms with Crippen molar-refractivity contribution in [3.8, 4) is 0 Å². The maximum Gasteiger partial charge on any atom is 0.238 e. The number of amides is 2. The summed E-state index contributed by atoms with van der Waals surface area (Å²) in [4.78, 5) is 32.3. The molecule has 0 aromatic heterocycles. The Morgan fingerprint density at radius 3 is 2.65 bits per heavy atom. The number of halogens is 1. The van der Waals surface area contributed by atoms with Gasteiger partial charge in [-0.1, -0.05) is 84.6 Å². The average Bonchev–Trinajstić information content (AvgIpc) is 2.75. The molecule has 0 aliphatic carbocycles. The summed E-state index contributed by atoms with van der Waals surface area (Å²) < 4.78 is 0.887. The Bertz CT molecular complexity index is 920. The highest BCUT2D eigenvalue weighted by atomic mass is 79.9. The summed E-state index contributed by atoms with van der Waals surface area (Å²) in [6.45, 7) is 2.83. The molecule has 5 nitrogen and oxygen atoms in total. The molecule has 2 amide bonds. The van der Waals surface area contributed by atoms with E-state index in [4.69, 9.17) is 4.99 Å². The normalized spacial score (nSPS) is 17.7. The van der Waals surface area contributed by atoms with Crippen molar-refractivity contribution in [3.63, 3.8) is 0 Å². The van der Waals surface area contributed by atoms with Crippen LogP contribution in [0.25, 0.3) is 0 Å². The van der Waals surface area contributed by atoms with Crippen molar-refractivity contribution in [1.29, 1.82) is 0 Å². The number of amidine groups is 1. The fourth-order valence-electron chi connectivity index (χ4n) is 3.34. The molecule has 1 heterocycles. The van der Waals surface area contributed by atoms with Crippen molar-refractivity contribution in [3.05, 3.63) is 59.1 Å². The van der Waals surface area contributed by atoms with Gasteiger partial charge in [0, 0.05) is 23.1 Å². The highest BCUT2D eigenvalue weighted by molar-refractivity contribution is 9.10. The van der Waals surface area contributed by atoms with Crippen LogP contribution in [0.15, 0.2) is 64.1 Å². The molecule has 164 valence electrons. The molecule has 1 N–H and O–H groups in total. The number of nitrogens with zero attached hydrogens (tertiary/aromatic N) is 2. The van der Waals surface area contributed by atoms with Crippen LogP contribution in [-0.4, -0.2) is 33.7 Å². The Hall–Kier alpha value is -2.12. The molecule has 0 spiro atoms. The zero-order valence-corrected chi connectivity index (χ0v) is 20.1. The maximum atomic E-state index is 13.0. The number of thioether (sulfide) groups is 1. The third kappa shape index (κ3) is 7.21. The number of hydrogen-bond donors (Lipinski definition) is 1. The molecule has 31 heavy (non-hydrogen) atoms. The molecule has 1 atom stereocenters. The number of para-hydroxylation sites is 1. The van der Waals surface area contributed by atoms with Gasteiger partial charge in [0.2, 0.25) is 11.8 Å². The molecule has 0 radical (unpaired) electrons. The number of carbonyl (C=O) groups excluding carboxylic acids is 2. The van der Waals surface area contributed by atoms with Crippen LogP contribution in [0.2, 0.25) is 0 Å². The summed E-state index contributed by atoms with van der Waals surface area (Å²) in [5, 5.41) is 3.02. The van der Waals surface area contributed by atoms with Crippen LogP contribution in [-0.2, 0) is 9.59 Å². The highest BCUT2D eigenvalue weighted by Gasteiger charge is 2.35. The zero-order chi connectivity index (χ0) is 22.1. The largest absolute Gasteiger partial charge is 0.325 e. The van der Waals surface area contributed by atoms with Gasteiger partial charge in [-0.2, -0.15) is 0 Å². The molecule has 1 aliphatic heterocycles. The van der Waals surface area contributed by atoms with E-state index in [0.717, 1.165) is 23.0 Å². The first-order chi connectivity index (χ1) is 15.1. The number of nitrogens with one attached hydrogen (secondary N) is 1. The van der Waals surface area contributed by atoms with Crippen molar-refractivity contribution >= 4 is 56.0 Å². The van der Waals surface area contributed by atoms with Gasteiger partial charge in [-0.3, -0.25) is 14.5 Å². The second-order valence-electron chi connectivity index (χ2n) is 7.50. The Kier molecular flexibility index (Phi) is 9.15. The number of aliphatic imine (C=N–C) groups is 1. The number of carbonyl (C=O) groups is 2. The molecular weight excluding hydrogens is 474 g/mol. The van der Waals surface area contributed by atoms with Crippen LogP contribution < -0.4 is 5.32 Å². The minimum Gasteiger partial charge on any atom is -0.325 e. The monoisotopic (exact) mass is 501 g/mol. The summed E-state index contributed by atoms with van der Waals surface area (Å²) in [6, 6.07) is 17.0. The topological polar surface area (TPSA) is 61.8 Å². The molecule has 3 rings (SSSR count). The van der Waals surface area contributed by atoms with Gasteiger partial charge in [-0.25, -0.2) is 4.99 Å². The van der Waals surface area contributed by atoms with Crippen molar-refractivity contribution in [2.24, 2.45) is 4.99 Å². The van der Waals surface area contributed by atoms with E-state index in [1.807, 2.05) is 54.6 Å². The summed E-state index contributed by atoms with van der Waals surface area (Å²) in [5.74, 6) is -0.224. The minimum absolute atomic E-state index is 0.0432. The van der Waals surface area contributed by atoms with Crippen LogP contribution in [0, 0.1) is 0 Å². The highest BCUT2D eigenvalue weighted by Crippen LogP contribution is 2.30. The lowest BCUT2D eigenvalue weighted by Crippen LogP contribution is -2.45. The second-order valence-corrected chi connectivity index (χ2v) is 9.59. The van der Waals surface area contributed by atoms with Crippen molar-refractivity contribution in [2.75, 3.05) is 11.9 Å². The van der Waals surface area contributed by atoms with Gasteiger partial charge in [0.05, 0.1) is 5.69 Å². The van der Waals surface area contributed by atoms with Crippen molar-refractivity contribution < 1.29 is 9.59 Å². The zero-order valence-electron chi connectivity index (χ0n) is 17.7. The van der Waals surface area contributed by atoms with E-state index in [1.165, 1.54) is 31.0 Å². The molecule has 1 unspecified atom stereocenters. The van der Waals surface area contributed by atoms with Gasteiger partial charge in [0.1, 0.15) is 5.25 Å². The van der Waals surface area contributed by atoms with Gasteiger partial charge in [0.15, 0.2) is 5.17 Å². The van der Waals surface area contributed by atoms with Crippen molar-refractivity contribution in [2.45, 2.75) is 50.7 Å². The van der Waals surface area contributed by atoms with Gasteiger partial charge < -0.3 is 5.32 Å². The summed E-state index contributed by atoms with van der Waals surface area (Å²) in [5.41, 5.74) is 1.48. The van der Waals surface area contributed by atoms with Crippen LogP contribution in [0.1, 0.15) is 45.4 Å². The predicted octanol–water partition coefficient (Wildman–Crippen LogP) is 6.38. The Morgan fingerprint density at radius 1 is 1.13 bits per heavy atom. The number of rotatable bonds is 9. The summed E-state index contributed by atoms with van der Waals surface area (Å²) in [7, 11) is 0. The molecule has 7 heteroatoms. The van der Waals surface area contributed by atoms with Crippen LogP contribution in [0.3, 0.4) is 0 Å². The Balaban J connectivity index is 1.73. The summed E-state index contributed by atoms with van der Waals surface area (Å²) >= 11 is 4.78. The molecular formula is C24H28BrN3O2S. The fraction of sp³-hybridized carbons (Fsp3) is 0.375. The van der Waals surface area contributed by atoms with Gasteiger partial charge >= 0.3 is 0 Å². The standard InChI is InChI=1S/C24H28BrN3O2S/c1-2-3-4-5-9-15-28-22(29)17-21(23(30)26-20-14-10-11-18(25)16-20)31-24(28)27-19-12-7-6-8-13-19/h6-8,10-14,16,21H,2-5,9,15,17H2,1H3,(H,26,30). The molecule has 2 aromatic carbocycles. The van der Waals surface area contributed by atoms with E-state index in [0.29, 0.717) is 17.4 Å². The van der Waals surface area contributed by atoms with E-state index in [2.05, 4.69) is 28.2 Å². The van der Waals surface area contributed by atoms with Crippen molar-refractivity contribution in [1.82, 2.24) is 4.90 Å². The van der Waals surface area contributed by atoms with Gasteiger partial charge in [0.25, 0.3) is 0 Å². The first kappa shape index (κ1) is 23.5. The summed E-state index contributed by atoms with van der Waals surface area (Å²) in [6.07, 6.45) is 5.78. The minimum atomic E-state index is -0.509. The van der Waals surface area contributed by atoms with E-state index in [-0.39, 0.29) is 18.2 Å². The van der Waals surface area contributed by atoms with E-state index in [9.17, 15) is 9.59 Å². The average molecular weight is 502 g/mol. The quantitative estimate of drug-likeness (QED) is 0.405. The van der Waals surface area contributed by atoms with Gasteiger partial charge in [-0.15, -0.1) is 0 Å². The lowest BCUT2D eigenvalue weighted by Gasteiger charge is -2.32. The third-order valence-corrected chi connectivity index (χ3v) is 6.67. The van der Waals surface area contributed by atoms with Crippen LogP contribution in [0.4, 0.5) is 11.4 Å².